The molecular weight excluding hydrogens is 472 g/mol. The molecule has 8 aromatic rings. The first kappa shape index (κ1) is 23.1. The van der Waals surface area contributed by atoms with Crippen LogP contribution in [0, 0.1) is 6.92 Å². The summed E-state index contributed by atoms with van der Waals surface area (Å²) >= 11 is 0. The van der Waals surface area contributed by atoms with Crippen LogP contribution >= 0.6 is 0 Å². The van der Waals surface area contributed by atoms with Crippen molar-refractivity contribution >= 4 is 43.6 Å². The van der Waals surface area contributed by atoms with Crippen molar-refractivity contribution < 1.29 is 0 Å². The van der Waals surface area contributed by atoms with Crippen LogP contribution in [0.3, 0.4) is 0 Å². The Labute approximate surface area is 227 Å². The fourth-order valence-corrected chi connectivity index (χ4v) is 5.65. The van der Waals surface area contributed by atoms with Crippen molar-refractivity contribution in [2.45, 2.75) is 6.92 Å². The number of hydrogen-bond acceptors (Lipinski definition) is 0. The van der Waals surface area contributed by atoms with E-state index in [1.165, 1.54) is 66.0 Å². The Hall–Kier alpha value is -5.08. The number of hydrogen-bond donors (Lipinski definition) is 1. The summed E-state index contributed by atoms with van der Waals surface area (Å²) in [7, 11) is 0. The molecule has 0 radical (unpaired) electrons. The van der Waals surface area contributed by atoms with Gasteiger partial charge in [0.25, 0.3) is 0 Å². The molecule has 2 nitrogen and oxygen atoms in total. The molecule has 0 spiro atoms. The van der Waals surface area contributed by atoms with Crippen molar-refractivity contribution in [2.24, 2.45) is 0 Å². The van der Waals surface area contributed by atoms with E-state index in [0.29, 0.717) is 0 Å². The quantitative estimate of drug-likeness (QED) is 0.244. The van der Waals surface area contributed by atoms with Gasteiger partial charge in [-0.2, -0.15) is 0 Å². The Morgan fingerprint density at radius 3 is 1.51 bits per heavy atom. The Morgan fingerprint density at radius 2 is 0.923 bits per heavy atom. The van der Waals surface area contributed by atoms with Crippen molar-refractivity contribution in [1.29, 1.82) is 0 Å². The van der Waals surface area contributed by atoms with Gasteiger partial charge in [0.05, 0.1) is 11.0 Å². The third kappa shape index (κ3) is 4.17. The van der Waals surface area contributed by atoms with E-state index in [-0.39, 0.29) is 0 Å². The summed E-state index contributed by atoms with van der Waals surface area (Å²) in [5.41, 5.74) is 9.89. The van der Waals surface area contributed by atoms with Crippen LogP contribution < -0.4 is 0 Å². The molecule has 2 heterocycles. The lowest BCUT2D eigenvalue weighted by atomic mass is 10.0. The van der Waals surface area contributed by atoms with Gasteiger partial charge in [0.1, 0.15) is 0 Å². The molecular formula is C37H28N2. The molecule has 0 amide bonds. The monoisotopic (exact) mass is 500 g/mol. The highest BCUT2D eigenvalue weighted by Crippen LogP contribution is 2.33. The molecule has 1 N–H and O–H groups in total. The van der Waals surface area contributed by atoms with E-state index in [9.17, 15) is 0 Å². The summed E-state index contributed by atoms with van der Waals surface area (Å²) in [6.45, 7) is 2.14. The number of benzene rings is 6. The first-order chi connectivity index (χ1) is 19.3. The van der Waals surface area contributed by atoms with E-state index < -0.39 is 0 Å². The van der Waals surface area contributed by atoms with E-state index in [1.54, 1.807) is 0 Å². The maximum Gasteiger partial charge on any atom is 0.0541 e. The van der Waals surface area contributed by atoms with E-state index in [1.807, 2.05) is 0 Å². The lowest BCUT2D eigenvalue weighted by molar-refractivity contribution is 1.18. The minimum atomic E-state index is 1.20. The Balaban J connectivity index is 0.000000162. The zero-order valence-electron chi connectivity index (χ0n) is 21.8. The Kier molecular flexibility index (Phi) is 5.71. The van der Waals surface area contributed by atoms with Crippen molar-refractivity contribution in [1.82, 2.24) is 9.55 Å². The molecule has 0 aliphatic rings. The van der Waals surface area contributed by atoms with E-state index in [4.69, 9.17) is 0 Å². The predicted molar refractivity (Wildman–Crippen MR) is 167 cm³/mol. The lowest BCUT2D eigenvalue weighted by Crippen LogP contribution is -1.94. The fraction of sp³-hybridized carbons (Fsp3) is 0.0270. The van der Waals surface area contributed by atoms with Crippen molar-refractivity contribution in [3.63, 3.8) is 0 Å². The number of fused-ring (bicyclic) bond motifs is 6. The summed E-state index contributed by atoms with van der Waals surface area (Å²) in [5.74, 6) is 0. The molecule has 2 heteroatoms. The molecule has 0 saturated heterocycles. The second kappa shape index (κ2) is 9.66. The zero-order valence-corrected chi connectivity index (χ0v) is 21.8. The molecule has 0 bridgehead atoms. The molecule has 0 fully saturated rings. The highest BCUT2D eigenvalue weighted by molar-refractivity contribution is 6.09. The van der Waals surface area contributed by atoms with Gasteiger partial charge in [0.15, 0.2) is 0 Å². The van der Waals surface area contributed by atoms with Crippen LogP contribution in [0.15, 0.2) is 146 Å². The van der Waals surface area contributed by atoms with E-state index in [2.05, 4.69) is 162 Å². The second-order valence-electron chi connectivity index (χ2n) is 10.0. The van der Waals surface area contributed by atoms with Crippen LogP contribution in [0.1, 0.15) is 5.56 Å². The molecule has 0 atom stereocenters. The molecule has 0 aliphatic carbocycles. The van der Waals surface area contributed by atoms with Crippen molar-refractivity contribution in [3.05, 3.63) is 151 Å². The Morgan fingerprint density at radius 1 is 0.436 bits per heavy atom. The molecule has 8 rings (SSSR count). The normalized spacial score (nSPS) is 11.2. The maximum atomic E-state index is 3.38. The fourth-order valence-electron chi connectivity index (χ4n) is 5.65. The smallest absolute Gasteiger partial charge is 0.0541 e. The summed E-state index contributed by atoms with van der Waals surface area (Å²) in [6.07, 6.45) is 0. The second-order valence-corrected chi connectivity index (χ2v) is 10.0. The molecule has 186 valence electrons. The maximum absolute atomic E-state index is 3.38. The van der Waals surface area contributed by atoms with Crippen LogP contribution in [0.25, 0.3) is 60.4 Å². The standard InChI is InChI=1S/C25H19N.C12H9N/c1-18-8-6-9-19(16-18)20-10-7-11-21(17-20)26-24-14-4-2-12-22(24)23-13-3-5-15-25(23)26;1-3-7-11-9(5-1)10-6-2-4-8-12(10)13-11/h2-17H,1H3;1-8,13H. The van der Waals surface area contributed by atoms with Gasteiger partial charge in [0, 0.05) is 38.3 Å². The van der Waals surface area contributed by atoms with E-state index >= 15 is 0 Å². The zero-order chi connectivity index (χ0) is 26.2. The van der Waals surface area contributed by atoms with Gasteiger partial charge in [-0.25, -0.2) is 0 Å². The summed E-state index contributed by atoms with van der Waals surface area (Å²) in [5, 5.41) is 5.20. The van der Waals surface area contributed by atoms with Gasteiger partial charge in [-0.3, -0.25) is 0 Å². The first-order valence-corrected chi connectivity index (χ1v) is 13.4. The van der Waals surface area contributed by atoms with Gasteiger partial charge in [0.2, 0.25) is 0 Å². The summed E-state index contributed by atoms with van der Waals surface area (Å²) < 4.78 is 2.37. The Bertz CT molecular complexity index is 1990. The number of para-hydroxylation sites is 4. The molecule has 6 aromatic carbocycles. The number of aryl methyl sites for hydroxylation is 1. The van der Waals surface area contributed by atoms with Gasteiger partial charge >= 0.3 is 0 Å². The van der Waals surface area contributed by atoms with Crippen LogP contribution in [0.4, 0.5) is 0 Å². The van der Waals surface area contributed by atoms with Crippen LogP contribution in [-0.2, 0) is 0 Å². The SMILES string of the molecule is Cc1cccc(-c2cccc(-n3c4ccccc4c4ccccc43)c2)c1.c1ccc2c(c1)[nH]c1ccccc12. The highest BCUT2D eigenvalue weighted by atomic mass is 15.0. The number of nitrogens with one attached hydrogen (secondary N) is 1. The molecule has 0 aliphatic heterocycles. The number of H-pyrrole nitrogens is 1. The van der Waals surface area contributed by atoms with Crippen LogP contribution in [0.2, 0.25) is 0 Å². The highest BCUT2D eigenvalue weighted by Gasteiger charge is 2.11. The van der Waals surface area contributed by atoms with Crippen molar-refractivity contribution in [3.8, 4) is 16.8 Å². The van der Waals surface area contributed by atoms with Crippen LogP contribution in [0.5, 0.6) is 0 Å². The average Bonchev–Trinajstić information content (AvgIpc) is 3.54. The number of aromatic amines is 1. The van der Waals surface area contributed by atoms with Gasteiger partial charge < -0.3 is 9.55 Å². The largest absolute Gasteiger partial charge is 0.355 e. The average molecular weight is 501 g/mol. The number of nitrogens with zero attached hydrogens (tertiary/aromatic N) is 1. The van der Waals surface area contributed by atoms with Gasteiger partial charge in [-0.05, 0) is 54.4 Å². The number of aromatic nitrogens is 2. The minimum absolute atomic E-state index is 1.20. The minimum Gasteiger partial charge on any atom is -0.355 e. The number of rotatable bonds is 2. The lowest BCUT2D eigenvalue weighted by Gasteiger charge is -2.10. The molecule has 0 saturated carbocycles. The molecule has 0 unspecified atom stereocenters. The van der Waals surface area contributed by atoms with E-state index in [0.717, 1.165) is 0 Å². The van der Waals surface area contributed by atoms with Crippen molar-refractivity contribution in [2.75, 3.05) is 0 Å². The first-order valence-electron chi connectivity index (χ1n) is 13.4. The van der Waals surface area contributed by atoms with Gasteiger partial charge in [-0.15, -0.1) is 0 Å². The predicted octanol–water partition coefficient (Wildman–Crippen LogP) is 10.1. The summed E-state index contributed by atoms with van der Waals surface area (Å²) in [6, 6.07) is 51.5. The van der Waals surface area contributed by atoms with Crippen LogP contribution in [-0.4, -0.2) is 9.55 Å². The van der Waals surface area contributed by atoms with Gasteiger partial charge in [-0.1, -0.05) is 115 Å². The summed E-state index contributed by atoms with van der Waals surface area (Å²) in [4.78, 5) is 3.38. The third-order valence-electron chi connectivity index (χ3n) is 7.45. The topological polar surface area (TPSA) is 20.7 Å². The molecule has 39 heavy (non-hydrogen) atoms. The molecule has 2 aromatic heterocycles. The third-order valence-corrected chi connectivity index (χ3v) is 7.45.